The molecule has 8 nitrogen and oxygen atoms in total. The van der Waals surface area contributed by atoms with E-state index in [1.807, 2.05) is 60.7 Å². The van der Waals surface area contributed by atoms with Gasteiger partial charge in [0.05, 0.1) is 11.5 Å². The number of ketones is 1. The monoisotopic (exact) mass is 655 g/mol. The van der Waals surface area contributed by atoms with E-state index in [1.165, 1.54) is 43.9 Å². The minimum Gasteiger partial charge on any atom is -0.494 e. The molecular formula is C38H45N3O5S. The van der Waals surface area contributed by atoms with Crippen LogP contribution in [0.25, 0.3) is 22.5 Å². The summed E-state index contributed by atoms with van der Waals surface area (Å²) >= 11 is 1.45. The highest BCUT2D eigenvalue weighted by Crippen LogP contribution is 2.26. The SMILES string of the molecule is CCCCCCCOc1ccc(-c2cnc(-c3ccc(C[C@H](CC(=O)c4ccc(CCC)s4)C(=O)N[C@H](C)C(=O)O)cc3)nc2)cc1. The lowest BCUT2D eigenvalue weighted by atomic mass is 9.92. The Bertz CT molecular complexity index is 1580. The zero-order valence-corrected chi connectivity index (χ0v) is 28.4. The Morgan fingerprint density at radius 2 is 1.51 bits per heavy atom. The molecule has 0 fully saturated rings. The molecule has 4 rings (SSSR count). The van der Waals surface area contributed by atoms with Crippen LogP contribution in [0.3, 0.4) is 0 Å². The second-order valence-corrected chi connectivity index (χ2v) is 13.1. The third-order valence-electron chi connectivity index (χ3n) is 8.01. The minimum absolute atomic E-state index is 0.0112. The normalized spacial score (nSPS) is 12.3. The number of ether oxygens (including phenoxy) is 1. The number of aryl methyl sites for hydroxylation is 1. The predicted octanol–water partition coefficient (Wildman–Crippen LogP) is 8.19. The Morgan fingerprint density at radius 3 is 2.17 bits per heavy atom. The number of rotatable bonds is 19. The summed E-state index contributed by atoms with van der Waals surface area (Å²) in [6.45, 7) is 6.44. The second kappa shape index (κ2) is 18.1. The van der Waals surface area contributed by atoms with Gasteiger partial charge in [-0.25, -0.2) is 9.97 Å². The van der Waals surface area contributed by atoms with Crippen molar-refractivity contribution >= 4 is 29.0 Å². The number of carboxylic acid groups (broad SMARTS) is 1. The standard InChI is InChI=1S/C38H45N3O5S/c1-4-6-7-8-9-21-46-32-17-15-28(16-18-32)31-24-39-36(40-25-31)29-13-11-27(12-14-29)22-30(37(43)41-26(3)38(44)45)23-34(42)35-20-19-33(47-35)10-5-2/h11-20,24-26,30H,4-10,21-23H2,1-3H3,(H,41,43)(H,44,45)/t26-,30-/m1/s1. The van der Waals surface area contributed by atoms with Crippen LogP contribution < -0.4 is 10.1 Å². The summed E-state index contributed by atoms with van der Waals surface area (Å²) in [7, 11) is 0. The van der Waals surface area contributed by atoms with Crippen molar-refractivity contribution in [2.75, 3.05) is 6.61 Å². The maximum Gasteiger partial charge on any atom is 0.325 e. The lowest BCUT2D eigenvalue weighted by molar-refractivity contribution is -0.141. The van der Waals surface area contributed by atoms with E-state index in [9.17, 15) is 19.5 Å². The minimum atomic E-state index is -1.13. The van der Waals surface area contributed by atoms with Crippen molar-refractivity contribution in [1.82, 2.24) is 15.3 Å². The van der Waals surface area contributed by atoms with Crippen molar-refractivity contribution in [3.05, 3.63) is 88.4 Å². The number of Topliss-reactive ketones (excluding diaryl/α,β-unsaturated/α-hetero) is 1. The second-order valence-electron chi connectivity index (χ2n) is 11.9. The van der Waals surface area contributed by atoms with Gasteiger partial charge in [-0.2, -0.15) is 0 Å². The summed E-state index contributed by atoms with van der Waals surface area (Å²) in [6, 6.07) is 18.3. The van der Waals surface area contributed by atoms with Crippen molar-refractivity contribution in [2.24, 2.45) is 5.92 Å². The van der Waals surface area contributed by atoms with E-state index in [0.717, 1.165) is 58.7 Å². The molecule has 0 spiro atoms. The number of unbranched alkanes of at least 4 members (excludes halogenated alkanes) is 4. The Kier molecular flexibility index (Phi) is 13.7. The number of benzene rings is 2. The number of thiophene rings is 1. The number of nitrogens with one attached hydrogen (secondary N) is 1. The fourth-order valence-corrected chi connectivity index (χ4v) is 6.28. The van der Waals surface area contributed by atoms with E-state index in [-0.39, 0.29) is 18.6 Å². The van der Waals surface area contributed by atoms with Crippen LogP contribution in [0.4, 0.5) is 0 Å². The summed E-state index contributed by atoms with van der Waals surface area (Å²) < 4.78 is 5.88. The first-order chi connectivity index (χ1) is 22.8. The summed E-state index contributed by atoms with van der Waals surface area (Å²) in [5.41, 5.74) is 3.57. The summed E-state index contributed by atoms with van der Waals surface area (Å²) in [5, 5.41) is 11.9. The van der Waals surface area contributed by atoms with Crippen LogP contribution in [0.2, 0.25) is 0 Å². The molecule has 2 aromatic carbocycles. The molecule has 0 bridgehead atoms. The molecule has 0 aliphatic heterocycles. The number of hydrogen-bond donors (Lipinski definition) is 2. The zero-order chi connectivity index (χ0) is 33.6. The average molecular weight is 656 g/mol. The first-order valence-corrected chi connectivity index (χ1v) is 17.4. The van der Waals surface area contributed by atoms with E-state index in [4.69, 9.17) is 4.74 Å². The number of aromatic nitrogens is 2. The van der Waals surface area contributed by atoms with Gasteiger partial charge in [-0.05, 0) is 61.6 Å². The maximum atomic E-state index is 13.1. The fourth-order valence-electron chi connectivity index (χ4n) is 5.22. The maximum absolute atomic E-state index is 13.1. The van der Waals surface area contributed by atoms with Crippen LogP contribution in [0, 0.1) is 5.92 Å². The van der Waals surface area contributed by atoms with Crippen molar-refractivity contribution in [1.29, 1.82) is 0 Å². The molecule has 1 amide bonds. The third kappa shape index (κ3) is 10.8. The summed E-state index contributed by atoms with van der Waals surface area (Å²) in [6.07, 6.45) is 11.8. The lowest BCUT2D eigenvalue weighted by Crippen LogP contribution is -2.42. The Labute approximate surface area is 281 Å². The van der Waals surface area contributed by atoms with Crippen LogP contribution in [0.1, 0.15) is 85.8 Å². The van der Waals surface area contributed by atoms with Crippen molar-refractivity contribution in [3.63, 3.8) is 0 Å². The molecule has 2 heterocycles. The quantitative estimate of drug-likeness (QED) is 0.0772. The van der Waals surface area contributed by atoms with Crippen molar-refractivity contribution in [3.8, 4) is 28.3 Å². The molecule has 0 unspecified atom stereocenters. The smallest absolute Gasteiger partial charge is 0.325 e. The predicted molar refractivity (Wildman–Crippen MR) is 187 cm³/mol. The molecule has 2 atom stereocenters. The first kappa shape index (κ1) is 35.5. The Balaban J connectivity index is 1.38. The van der Waals surface area contributed by atoms with Crippen molar-refractivity contribution < 1.29 is 24.2 Å². The van der Waals surface area contributed by atoms with Crippen LogP contribution >= 0.6 is 11.3 Å². The first-order valence-electron chi connectivity index (χ1n) is 16.6. The Hall–Kier alpha value is -4.37. The highest BCUT2D eigenvalue weighted by atomic mass is 32.1. The van der Waals surface area contributed by atoms with Gasteiger partial charge in [0.1, 0.15) is 11.8 Å². The van der Waals surface area contributed by atoms with Crippen LogP contribution in [0.15, 0.2) is 73.1 Å². The zero-order valence-electron chi connectivity index (χ0n) is 27.5. The molecule has 47 heavy (non-hydrogen) atoms. The molecule has 2 N–H and O–H groups in total. The van der Waals surface area contributed by atoms with Gasteiger partial charge in [-0.1, -0.05) is 82.3 Å². The molecule has 4 aromatic rings. The molecule has 248 valence electrons. The number of carboxylic acids is 1. The molecular weight excluding hydrogens is 611 g/mol. The van der Waals surface area contributed by atoms with E-state index >= 15 is 0 Å². The number of nitrogens with zero attached hydrogens (tertiary/aromatic N) is 2. The highest BCUT2D eigenvalue weighted by molar-refractivity contribution is 7.14. The van der Waals surface area contributed by atoms with Crippen molar-refractivity contribution in [2.45, 2.75) is 84.6 Å². The van der Waals surface area contributed by atoms with Gasteiger partial charge in [0.2, 0.25) is 5.91 Å². The highest BCUT2D eigenvalue weighted by Gasteiger charge is 2.26. The number of carbonyl (C=O) groups excluding carboxylic acids is 2. The third-order valence-corrected chi connectivity index (χ3v) is 9.20. The summed E-state index contributed by atoms with van der Waals surface area (Å²) in [5.74, 6) is -0.992. The Morgan fingerprint density at radius 1 is 0.830 bits per heavy atom. The fraction of sp³-hybridized carbons (Fsp3) is 0.395. The number of hydrogen-bond acceptors (Lipinski definition) is 7. The lowest BCUT2D eigenvalue weighted by Gasteiger charge is -2.18. The summed E-state index contributed by atoms with van der Waals surface area (Å²) in [4.78, 5) is 48.6. The molecule has 0 radical (unpaired) electrons. The largest absolute Gasteiger partial charge is 0.494 e. The number of carbonyl (C=O) groups is 3. The molecule has 0 saturated heterocycles. The van der Waals surface area contributed by atoms with E-state index < -0.39 is 23.8 Å². The van der Waals surface area contributed by atoms with Gasteiger partial charge in [0.25, 0.3) is 0 Å². The molecule has 2 aromatic heterocycles. The van der Waals surface area contributed by atoms with Gasteiger partial charge in [0, 0.05) is 40.7 Å². The van der Waals surface area contributed by atoms with E-state index in [1.54, 1.807) is 12.4 Å². The van der Waals surface area contributed by atoms with E-state index in [0.29, 0.717) is 10.7 Å². The van der Waals surface area contributed by atoms with Gasteiger partial charge in [0.15, 0.2) is 11.6 Å². The average Bonchev–Trinajstić information content (AvgIpc) is 3.56. The van der Waals surface area contributed by atoms with E-state index in [2.05, 4.69) is 29.1 Å². The topological polar surface area (TPSA) is 118 Å². The van der Waals surface area contributed by atoms with Gasteiger partial charge >= 0.3 is 5.97 Å². The molecule has 0 aliphatic rings. The molecule has 0 aliphatic carbocycles. The number of amides is 1. The molecule has 9 heteroatoms. The van der Waals surface area contributed by atoms with Gasteiger partial charge in [-0.3, -0.25) is 14.4 Å². The van der Waals surface area contributed by atoms with Crippen LogP contribution in [-0.2, 0) is 22.4 Å². The molecule has 0 saturated carbocycles. The van der Waals surface area contributed by atoms with Gasteiger partial charge in [-0.15, -0.1) is 11.3 Å². The van der Waals surface area contributed by atoms with Gasteiger partial charge < -0.3 is 15.2 Å². The van der Waals surface area contributed by atoms with Crippen LogP contribution in [-0.4, -0.2) is 45.4 Å². The number of aliphatic carboxylic acids is 1. The van der Waals surface area contributed by atoms with Crippen LogP contribution in [0.5, 0.6) is 5.75 Å².